The van der Waals surface area contributed by atoms with Crippen LogP contribution in [0.25, 0.3) is 16.6 Å². The standard InChI is InChI=1S/C22H18Br2N4O3/c1-13-19(22(30)28(27(13)2)14-7-4-3-5-8-14)26-18(29)12-31-21-17(24)11-16(23)15-9-6-10-25-20(15)21/h3-11H,12H2,1-2H3,(H,26,29). The number of nitrogens with zero attached hydrogens (tertiary/aromatic N) is 3. The van der Waals surface area contributed by atoms with E-state index in [1.807, 2.05) is 48.5 Å². The summed E-state index contributed by atoms with van der Waals surface area (Å²) in [6.07, 6.45) is 1.66. The highest BCUT2D eigenvalue weighted by molar-refractivity contribution is 9.11. The number of carbonyl (C=O) groups excluding carboxylic acids is 1. The van der Waals surface area contributed by atoms with Gasteiger partial charge >= 0.3 is 0 Å². The average molecular weight is 546 g/mol. The number of amides is 1. The summed E-state index contributed by atoms with van der Waals surface area (Å²) < 4.78 is 10.5. The Labute approximate surface area is 194 Å². The van der Waals surface area contributed by atoms with Gasteiger partial charge in [-0.2, -0.15) is 0 Å². The highest BCUT2D eigenvalue weighted by Gasteiger charge is 2.19. The number of fused-ring (bicyclic) bond motifs is 1. The van der Waals surface area contributed by atoms with Gasteiger partial charge in [0.1, 0.15) is 11.2 Å². The number of hydrogen-bond acceptors (Lipinski definition) is 4. The molecule has 0 radical (unpaired) electrons. The molecule has 31 heavy (non-hydrogen) atoms. The third-order valence-electron chi connectivity index (χ3n) is 4.92. The molecule has 2 aromatic carbocycles. The monoisotopic (exact) mass is 544 g/mol. The lowest BCUT2D eigenvalue weighted by atomic mass is 10.2. The van der Waals surface area contributed by atoms with Gasteiger partial charge in [-0.05, 0) is 47.1 Å². The predicted octanol–water partition coefficient (Wildman–Crippen LogP) is 4.58. The van der Waals surface area contributed by atoms with Gasteiger partial charge in [0.25, 0.3) is 11.5 Å². The van der Waals surface area contributed by atoms with Crippen LogP contribution < -0.4 is 15.6 Å². The van der Waals surface area contributed by atoms with E-state index < -0.39 is 5.91 Å². The first-order valence-corrected chi connectivity index (χ1v) is 11.0. The summed E-state index contributed by atoms with van der Waals surface area (Å²) >= 11 is 6.97. The zero-order valence-corrected chi connectivity index (χ0v) is 19.9. The van der Waals surface area contributed by atoms with Crippen LogP contribution in [0.15, 0.2) is 68.5 Å². The number of halogens is 2. The van der Waals surface area contributed by atoms with E-state index in [2.05, 4.69) is 42.2 Å². The molecular formula is C22H18Br2N4O3. The number of anilines is 1. The van der Waals surface area contributed by atoms with Crippen LogP contribution in [-0.4, -0.2) is 26.9 Å². The molecule has 2 heterocycles. The molecule has 0 bridgehead atoms. The van der Waals surface area contributed by atoms with E-state index in [4.69, 9.17) is 4.74 Å². The smallest absolute Gasteiger partial charge is 0.295 e. The van der Waals surface area contributed by atoms with Gasteiger partial charge in [0.15, 0.2) is 12.4 Å². The molecule has 0 saturated carbocycles. The quantitative estimate of drug-likeness (QED) is 0.398. The van der Waals surface area contributed by atoms with E-state index in [0.29, 0.717) is 27.1 Å². The second-order valence-corrected chi connectivity index (χ2v) is 8.55. The molecule has 0 saturated heterocycles. The van der Waals surface area contributed by atoms with Crippen LogP contribution in [0.3, 0.4) is 0 Å². The molecule has 1 N–H and O–H groups in total. The van der Waals surface area contributed by atoms with Crippen LogP contribution in [0.2, 0.25) is 0 Å². The van der Waals surface area contributed by atoms with Crippen molar-refractivity contribution in [2.75, 3.05) is 11.9 Å². The second-order valence-electron chi connectivity index (χ2n) is 6.84. The van der Waals surface area contributed by atoms with E-state index in [-0.39, 0.29) is 17.9 Å². The van der Waals surface area contributed by atoms with Gasteiger partial charge in [0.2, 0.25) is 0 Å². The Hall–Kier alpha value is -2.91. The van der Waals surface area contributed by atoms with Gasteiger partial charge in [-0.15, -0.1) is 0 Å². The van der Waals surface area contributed by atoms with E-state index in [0.717, 1.165) is 9.86 Å². The first-order chi connectivity index (χ1) is 14.9. The van der Waals surface area contributed by atoms with Gasteiger partial charge in [0.05, 0.1) is 15.9 Å². The summed E-state index contributed by atoms with van der Waals surface area (Å²) in [6, 6.07) is 14.8. The Morgan fingerprint density at radius 3 is 2.61 bits per heavy atom. The third kappa shape index (κ3) is 4.03. The number of nitrogens with one attached hydrogen (secondary N) is 1. The normalized spacial score (nSPS) is 11.0. The minimum Gasteiger partial charge on any atom is -0.480 e. The molecule has 158 valence electrons. The van der Waals surface area contributed by atoms with Crippen molar-refractivity contribution >= 4 is 54.4 Å². The molecule has 4 aromatic rings. The van der Waals surface area contributed by atoms with Crippen LogP contribution in [0, 0.1) is 6.92 Å². The van der Waals surface area contributed by atoms with Gasteiger partial charge in [-0.1, -0.05) is 40.2 Å². The SMILES string of the molecule is Cc1c(NC(=O)COc2c(Br)cc(Br)c3cccnc23)c(=O)n(-c2ccccc2)n1C. The van der Waals surface area contributed by atoms with Crippen LogP contribution in [-0.2, 0) is 11.8 Å². The summed E-state index contributed by atoms with van der Waals surface area (Å²) in [5, 5.41) is 3.56. The maximum absolute atomic E-state index is 13.0. The molecule has 1 amide bonds. The Morgan fingerprint density at radius 1 is 1.13 bits per heavy atom. The van der Waals surface area contributed by atoms with Crippen LogP contribution in [0.5, 0.6) is 5.75 Å². The number of carbonyl (C=O) groups is 1. The number of aromatic nitrogens is 3. The lowest BCUT2D eigenvalue weighted by Gasteiger charge is -2.12. The Kier molecular flexibility index (Phi) is 5.97. The molecule has 0 fully saturated rings. The minimum absolute atomic E-state index is 0.220. The third-order valence-corrected chi connectivity index (χ3v) is 6.16. The highest BCUT2D eigenvalue weighted by atomic mass is 79.9. The van der Waals surface area contributed by atoms with Crippen molar-refractivity contribution in [2.45, 2.75) is 6.92 Å². The Bertz CT molecular complexity index is 1350. The van der Waals surface area contributed by atoms with Crippen molar-refractivity contribution in [3.05, 3.63) is 79.7 Å². The van der Waals surface area contributed by atoms with Crippen molar-refractivity contribution in [1.29, 1.82) is 0 Å². The first-order valence-electron chi connectivity index (χ1n) is 9.38. The number of para-hydroxylation sites is 1. The molecule has 0 spiro atoms. The lowest BCUT2D eigenvalue weighted by Crippen LogP contribution is -2.25. The molecule has 7 nitrogen and oxygen atoms in total. The van der Waals surface area contributed by atoms with E-state index in [1.54, 1.807) is 24.9 Å². The first kappa shape index (κ1) is 21.3. The molecule has 2 aromatic heterocycles. The Balaban J connectivity index is 1.58. The van der Waals surface area contributed by atoms with Crippen molar-refractivity contribution in [1.82, 2.24) is 14.3 Å². The number of ether oxygens (including phenoxy) is 1. The van der Waals surface area contributed by atoms with E-state index in [1.165, 1.54) is 4.68 Å². The van der Waals surface area contributed by atoms with Crippen molar-refractivity contribution < 1.29 is 9.53 Å². The summed E-state index contributed by atoms with van der Waals surface area (Å²) in [6.45, 7) is 1.51. The molecule has 4 rings (SSSR count). The number of pyridine rings is 1. The van der Waals surface area contributed by atoms with E-state index >= 15 is 0 Å². The number of hydrogen-bond donors (Lipinski definition) is 1. The summed E-state index contributed by atoms with van der Waals surface area (Å²) in [7, 11) is 1.77. The number of benzene rings is 2. The zero-order chi connectivity index (χ0) is 22.1. The minimum atomic E-state index is -0.440. The van der Waals surface area contributed by atoms with Gasteiger partial charge in [0, 0.05) is 23.1 Å². The van der Waals surface area contributed by atoms with Crippen LogP contribution in [0.1, 0.15) is 5.69 Å². The summed E-state index contributed by atoms with van der Waals surface area (Å²) in [5.41, 5.74) is 1.89. The zero-order valence-electron chi connectivity index (χ0n) is 16.7. The Morgan fingerprint density at radius 2 is 1.87 bits per heavy atom. The maximum Gasteiger partial charge on any atom is 0.295 e. The molecule has 0 unspecified atom stereocenters. The topological polar surface area (TPSA) is 78.2 Å². The molecule has 0 atom stereocenters. The molecular weight excluding hydrogens is 528 g/mol. The van der Waals surface area contributed by atoms with Crippen molar-refractivity contribution in [3.8, 4) is 11.4 Å². The largest absolute Gasteiger partial charge is 0.480 e. The van der Waals surface area contributed by atoms with Crippen molar-refractivity contribution in [3.63, 3.8) is 0 Å². The fraction of sp³-hybridized carbons (Fsp3) is 0.136. The average Bonchev–Trinajstić information content (AvgIpc) is 2.97. The van der Waals surface area contributed by atoms with Crippen LogP contribution in [0.4, 0.5) is 5.69 Å². The predicted molar refractivity (Wildman–Crippen MR) is 127 cm³/mol. The van der Waals surface area contributed by atoms with Crippen LogP contribution >= 0.6 is 31.9 Å². The second kappa shape index (κ2) is 8.68. The summed E-state index contributed by atoms with van der Waals surface area (Å²) in [4.78, 5) is 29.9. The fourth-order valence-corrected chi connectivity index (χ4v) is 4.70. The molecule has 0 aliphatic carbocycles. The fourth-order valence-electron chi connectivity index (χ4n) is 3.31. The van der Waals surface area contributed by atoms with Gasteiger partial charge in [-0.3, -0.25) is 19.3 Å². The highest BCUT2D eigenvalue weighted by Crippen LogP contribution is 2.37. The summed E-state index contributed by atoms with van der Waals surface area (Å²) in [5.74, 6) is 0.0188. The molecule has 0 aliphatic rings. The van der Waals surface area contributed by atoms with Crippen molar-refractivity contribution in [2.24, 2.45) is 7.05 Å². The molecule has 9 heteroatoms. The molecule has 0 aliphatic heterocycles. The number of rotatable bonds is 5. The lowest BCUT2D eigenvalue weighted by molar-refractivity contribution is -0.118. The van der Waals surface area contributed by atoms with Gasteiger partial charge in [-0.25, -0.2) is 4.68 Å². The maximum atomic E-state index is 13.0. The van der Waals surface area contributed by atoms with E-state index in [9.17, 15) is 9.59 Å². The van der Waals surface area contributed by atoms with Gasteiger partial charge < -0.3 is 10.1 Å².